The molecule has 0 unspecified atom stereocenters. The highest BCUT2D eigenvalue weighted by Crippen LogP contribution is 2.23. The number of nitrogens with one attached hydrogen (secondary N) is 1. The largest absolute Gasteiger partial charge is 0.241 e. The third-order valence-electron chi connectivity index (χ3n) is 2.49. The molecule has 0 aliphatic heterocycles. The Morgan fingerprint density at radius 1 is 1.35 bits per heavy atom. The van der Waals surface area contributed by atoms with E-state index in [2.05, 4.69) is 20.7 Å². The van der Waals surface area contributed by atoms with Gasteiger partial charge in [-0.3, -0.25) is 0 Å². The lowest BCUT2D eigenvalue weighted by molar-refractivity contribution is 0.529. The molecule has 0 saturated heterocycles. The molecule has 96 valence electrons. The lowest BCUT2D eigenvalue weighted by Gasteiger charge is -2.15. The number of halogens is 2. The van der Waals surface area contributed by atoms with Crippen molar-refractivity contribution in [2.45, 2.75) is 37.6 Å². The number of benzene rings is 1. The summed E-state index contributed by atoms with van der Waals surface area (Å²) in [6.45, 7) is 3.83. The smallest absolute Gasteiger partial charge is 0.208 e. The molecule has 0 heterocycles. The van der Waals surface area contributed by atoms with E-state index in [-0.39, 0.29) is 15.4 Å². The van der Waals surface area contributed by atoms with Crippen molar-refractivity contribution in [3.8, 4) is 0 Å². The first-order valence-corrected chi connectivity index (χ1v) is 7.65. The van der Waals surface area contributed by atoms with Crippen molar-refractivity contribution >= 4 is 26.0 Å². The van der Waals surface area contributed by atoms with E-state index in [4.69, 9.17) is 0 Å². The highest BCUT2D eigenvalue weighted by Gasteiger charge is 2.20. The molecule has 1 N–H and O–H groups in total. The zero-order chi connectivity index (χ0) is 13.1. The highest BCUT2D eigenvalue weighted by atomic mass is 79.9. The van der Waals surface area contributed by atoms with E-state index >= 15 is 0 Å². The highest BCUT2D eigenvalue weighted by molar-refractivity contribution is 9.10. The van der Waals surface area contributed by atoms with Crippen LogP contribution in [0.4, 0.5) is 4.39 Å². The van der Waals surface area contributed by atoms with Crippen molar-refractivity contribution in [2.75, 3.05) is 0 Å². The van der Waals surface area contributed by atoms with Gasteiger partial charge in [-0.2, -0.15) is 0 Å². The number of hydrogen-bond acceptors (Lipinski definition) is 2. The molecule has 3 nitrogen and oxygen atoms in total. The topological polar surface area (TPSA) is 46.2 Å². The zero-order valence-corrected chi connectivity index (χ0v) is 12.1. The van der Waals surface area contributed by atoms with Gasteiger partial charge in [0.1, 0.15) is 5.82 Å². The molecule has 17 heavy (non-hydrogen) atoms. The predicted molar refractivity (Wildman–Crippen MR) is 68.8 cm³/mol. The minimum Gasteiger partial charge on any atom is -0.208 e. The summed E-state index contributed by atoms with van der Waals surface area (Å²) in [7, 11) is -3.59. The van der Waals surface area contributed by atoms with E-state index in [1.54, 1.807) is 0 Å². The Morgan fingerprint density at radius 3 is 2.41 bits per heavy atom. The van der Waals surface area contributed by atoms with E-state index in [0.717, 1.165) is 12.1 Å². The Bertz CT molecular complexity index is 486. The van der Waals surface area contributed by atoms with Crippen molar-refractivity contribution in [2.24, 2.45) is 0 Å². The second-order valence-electron chi connectivity index (χ2n) is 3.71. The fourth-order valence-corrected chi connectivity index (χ4v) is 3.88. The molecule has 0 aliphatic carbocycles. The Labute approximate surface area is 110 Å². The minimum absolute atomic E-state index is 0.0609. The van der Waals surface area contributed by atoms with Gasteiger partial charge in [-0.05, 0) is 47.0 Å². The maximum atomic E-state index is 12.9. The van der Waals surface area contributed by atoms with Crippen LogP contribution in [0.5, 0.6) is 0 Å². The molecule has 0 aromatic heterocycles. The quantitative estimate of drug-likeness (QED) is 0.905. The second-order valence-corrected chi connectivity index (χ2v) is 6.25. The standard InChI is InChI=1S/C11H15BrFNO2S/c1-3-9(4-2)14-17(15,16)11-6-5-8(13)7-10(11)12/h5-7,9,14H,3-4H2,1-2H3. The van der Waals surface area contributed by atoms with Gasteiger partial charge in [0.25, 0.3) is 0 Å². The average Bonchev–Trinajstić information content (AvgIpc) is 2.25. The normalized spacial score (nSPS) is 12.1. The molecule has 1 aromatic carbocycles. The van der Waals surface area contributed by atoms with Gasteiger partial charge in [0.05, 0.1) is 4.90 Å². The van der Waals surface area contributed by atoms with Crippen LogP contribution in [0.15, 0.2) is 27.6 Å². The average molecular weight is 324 g/mol. The molecule has 0 bridgehead atoms. The van der Waals surface area contributed by atoms with Crippen LogP contribution in [0.3, 0.4) is 0 Å². The van der Waals surface area contributed by atoms with Gasteiger partial charge in [-0.1, -0.05) is 13.8 Å². The molecule has 1 rings (SSSR count). The summed E-state index contributed by atoms with van der Waals surface area (Å²) < 4.78 is 39.8. The van der Waals surface area contributed by atoms with E-state index in [0.29, 0.717) is 12.8 Å². The number of rotatable bonds is 5. The van der Waals surface area contributed by atoms with Crippen molar-refractivity contribution in [1.29, 1.82) is 0 Å². The fourth-order valence-electron chi connectivity index (χ4n) is 1.43. The first-order chi connectivity index (χ1) is 7.90. The fraction of sp³-hybridized carbons (Fsp3) is 0.455. The third kappa shape index (κ3) is 3.76. The van der Waals surface area contributed by atoms with Crippen LogP contribution in [0, 0.1) is 5.82 Å². The summed E-state index contributed by atoms with van der Waals surface area (Å²) in [5.74, 6) is -0.474. The van der Waals surface area contributed by atoms with Gasteiger partial charge in [0.15, 0.2) is 0 Å². The van der Waals surface area contributed by atoms with Crippen molar-refractivity contribution in [1.82, 2.24) is 4.72 Å². The van der Waals surface area contributed by atoms with E-state index in [1.165, 1.54) is 6.07 Å². The first-order valence-electron chi connectivity index (χ1n) is 5.38. The third-order valence-corrected chi connectivity index (χ3v) is 4.99. The lowest BCUT2D eigenvalue weighted by Crippen LogP contribution is -2.34. The zero-order valence-electron chi connectivity index (χ0n) is 9.70. The molecule has 6 heteroatoms. The number of hydrogen-bond donors (Lipinski definition) is 1. The van der Waals surface area contributed by atoms with Crippen molar-refractivity contribution < 1.29 is 12.8 Å². The molecule has 0 spiro atoms. The van der Waals surface area contributed by atoms with Crippen LogP contribution >= 0.6 is 15.9 Å². The predicted octanol–water partition coefficient (Wildman–Crippen LogP) is 3.06. The monoisotopic (exact) mass is 323 g/mol. The van der Waals surface area contributed by atoms with Crippen LogP contribution in [-0.2, 0) is 10.0 Å². The van der Waals surface area contributed by atoms with Gasteiger partial charge in [0.2, 0.25) is 10.0 Å². The van der Waals surface area contributed by atoms with Crippen LogP contribution < -0.4 is 4.72 Å². The van der Waals surface area contributed by atoms with Crippen molar-refractivity contribution in [3.63, 3.8) is 0 Å². The molecule has 0 aliphatic rings. The van der Waals surface area contributed by atoms with Gasteiger partial charge in [-0.25, -0.2) is 17.5 Å². The molecule has 0 fully saturated rings. The Kier molecular flexibility index (Phi) is 5.09. The molecule has 0 amide bonds. The van der Waals surface area contributed by atoms with Gasteiger partial charge in [0, 0.05) is 10.5 Å². The summed E-state index contributed by atoms with van der Waals surface area (Å²) >= 11 is 3.06. The van der Waals surface area contributed by atoms with E-state index in [9.17, 15) is 12.8 Å². The maximum Gasteiger partial charge on any atom is 0.241 e. The molecule has 0 saturated carbocycles. The van der Waals surface area contributed by atoms with Gasteiger partial charge >= 0.3 is 0 Å². The van der Waals surface area contributed by atoms with Crippen LogP contribution in [0.2, 0.25) is 0 Å². The summed E-state index contributed by atoms with van der Waals surface area (Å²) in [4.78, 5) is 0.0609. The Balaban J connectivity index is 3.05. The molecular formula is C11H15BrFNO2S. The van der Waals surface area contributed by atoms with E-state index < -0.39 is 15.8 Å². The summed E-state index contributed by atoms with van der Waals surface area (Å²) in [5, 5.41) is 0. The SMILES string of the molecule is CCC(CC)NS(=O)(=O)c1ccc(F)cc1Br. The van der Waals surface area contributed by atoms with Gasteiger partial charge in [-0.15, -0.1) is 0 Å². The minimum atomic E-state index is -3.59. The number of sulfonamides is 1. The van der Waals surface area contributed by atoms with Crippen molar-refractivity contribution in [3.05, 3.63) is 28.5 Å². The maximum absolute atomic E-state index is 12.9. The summed E-state index contributed by atoms with van der Waals surface area (Å²) in [6, 6.07) is 3.43. The molecule has 0 radical (unpaired) electrons. The summed E-state index contributed by atoms with van der Waals surface area (Å²) in [5.41, 5.74) is 0. The Hall–Kier alpha value is -0.460. The molecular weight excluding hydrogens is 309 g/mol. The first kappa shape index (κ1) is 14.6. The van der Waals surface area contributed by atoms with E-state index in [1.807, 2.05) is 13.8 Å². The lowest BCUT2D eigenvalue weighted by atomic mass is 10.2. The Morgan fingerprint density at radius 2 is 1.94 bits per heavy atom. The van der Waals surface area contributed by atoms with Crippen LogP contribution in [-0.4, -0.2) is 14.5 Å². The second kappa shape index (κ2) is 5.93. The molecule has 1 aromatic rings. The van der Waals surface area contributed by atoms with Crippen LogP contribution in [0.25, 0.3) is 0 Å². The molecule has 0 atom stereocenters. The van der Waals surface area contributed by atoms with Gasteiger partial charge < -0.3 is 0 Å². The van der Waals surface area contributed by atoms with Crippen LogP contribution in [0.1, 0.15) is 26.7 Å². The summed E-state index contributed by atoms with van der Waals surface area (Å²) in [6.07, 6.45) is 1.43.